The average Bonchev–Trinajstić information content (AvgIpc) is 2.42. The lowest BCUT2D eigenvalue weighted by Crippen LogP contribution is -2.43. The van der Waals surface area contributed by atoms with E-state index in [1.54, 1.807) is 0 Å². The first-order chi connectivity index (χ1) is 10.3. The standard InChI is InChI=1S/C20H36OSi/c1-8-9-10-11-12-20(13-15-21)14-16-22(17(2)3,18(4)5)19(6)7/h9-10,15,17-20H,8,11-13H2,1-7H3/b10-9-/t20-/m0/s1. The van der Waals surface area contributed by atoms with Crippen LogP contribution in [0.3, 0.4) is 0 Å². The van der Waals surface area contributed by atoms with E-state index in [0.29, 0.717) is 23.0 Å². The molecule has 1 atom stereocenters. The molecule has 0 radical (unpaired) electrons. The van der Waals surface area contributed by atoms with E-state index in [2.05, 4.69) is 72.1 Å². The van der Waals surface area contributed by atoms with Gasteiger partial charge in [-0.25, -0.2) is 0 Å². The molecule has 1 nitrogen and oxygen atoms in total. The van der Waals surface area contributed by atoms with Crippen molar-refractivity contribution in [1.82, 2.24) is 0 Å². The molecule has 0 bridgehead atoms. The van der Waals surface area contributed by atoms with Crippen LogP contribution in [0.4, 0.5) is 0 Å². The van der Waals surface area contributed by atoms with Crippen LogP contribution in [0.2, 0.25) is 16.6 Å². The monoisotopic (exact) mass is 320 g/mol. The van der Waals surface area contributed by atoms with Gasteiger partial charge in [-0.15, -0.1) is 11.5 Å². The predicted molar refractivity (Wildman–Crippen MR) is 102 cm³/mol. The van der Waals surface area contributed by atoms with Crippen molar-refractivity contribution in [1.29, 1.82) is 0 Å². The number of carbonyl (C=O) groups is 1. The number of hydrogen-bond acceptors (Lipinski definition) is 1. The van der Waals surface area contributed by atoms with Gasteiger partial charge in [-0.1, -0.05) is 60.6 Å². The third-order valence-electron chi connectivity index (χ3n) is 4.82. The van der Waals surface area contributed by atoms with Crippen molar-refractivity contribution >= 4 is 14.4 Å². The quantitative estimate of drug-likeness (QED) is 0.215. The Kier molecular flexibility index (Phi) is 10.4. The highest BCUT2D eigenvalue weighted by Gasteiger charge is 2.41. The van der Waals surface area contributed by atoms with Gasteiger partial charge in [0.2, 0.25) is 0 Å². The van der Waals surface area contributed by atoms with Gasteiger partial charge in [-0.05, 0) is 35.9 Å². The number of rotatable bonds is 9. The zero-order chi connectivity index (χ0) is 17.2. The number of carbonyl (C=O) groups excluding carboxylic acids is 1. The Morgan fingerprint density at radius 3 is 1.91 bits per heavy atom. The van der Waals surface area contributed by atoms with Gasteiger partial charge in [0, 0.05) is 12.3 Å². The van der Waals surface area contributed by atoms with Crippen molar-refractivity contribution in [2.45, 2.75) is 90.8 Å². The van der Waals surface area contributed by atoms with Gasteiger partial charge in [0.05, 0.1) is 0 Å². The van der Waals surface area contributed by atoms with E-state index in [-0.39, 0.29) is 5.92 Å². The summed E-state index contributed by atoms with van der Waals surface area (Å²) in [6, 6.07) is 0. The zero-order valence-electron chi connectivity index (χ0n) is 15.8. The molecule has 0 amide bonds. The van der Waals surface area contributed by atoms with Crippen LogP contribution in [0.1, 0.15) is 74.1 Å². The van der Waals surface area contributed by atoms with Crippen LogP contribution >= 0.6 is 0 Å². The van der Waals surface area contributed by atoms with Crippen molar-refractivity contribution in [3.8, 4) is 11.5 Å². The Balaban J connectivity index is 5.25. The Bertz CT molecular complexity index is 374. The molecule has 0 fully saturated rings. The first kappa shape index (κ1) is 21.2. The summed E-state index contributed by atoms with van der Waals surface area (Å²) < 4.78 is 0. The summed E-state index contributed by atoms with van der Waals surface area (Å²) in [6.45, 7) is 16.1. The maximum Gasteiger partial charge on any atom is 0.145 e. The van der Waals surface area contributed by atoms with Crippen molar-refractivity contribution in [2.24, 2.45) is 5.92 Å². The maximum absolute atomic E-state index is 11.0. The highest BCUT2D eigenvalue weighted by molar-refractivity contribution is 6.90. The van der Waals surface area contributed by atoms with Crippen LogP contribution in [-0.4, -0.2) is 14.4 Å². The first-order valence-electron chi connectivity index (χ1n) is 8.94. The van der Waals surface area contributed by atoms with Crippen LogP contribution in [-0.2, 0) is 4.79 Å². The largest absolute Gasteiger partial charge is 0.303 e. The minimum absolute atomic E-state index is 0.224. The van der Waals surface area contributed by atoms with E-state index >= 15 is 0 Å². The second-order valence-corrected chi connectivity index (χ2v) is 12.8. The molecule has 0 saturated heterocycles. The molecule has 0 aliphatic carbocycles. The highest BCUT2D eigenvalue weighted by Crippen LogP contribution is 2.40. The van der Waals surface area contributed by atoms with Gasteiger partial charge < -0.3 is 4.79 Å². The van der Waals surface area contributed by atoms with E-state index in [0.717, 1.165) is 25.5 Å². The maximum atomic E-state index is 11.0. The van der Waals surface area contributed by atoms with Gasteiger partial charge in [0.1, 0.15) is 14.4 Å². The highest BCUT2D eigenvalue weighted by atomic mass is 28.3. The predicted octanol–water partition coefficient (Wildman–Crippen LogP) is 6.16. The molecule has 0 heterocycles. The van der Waals surface area contributed by atoms with Gasteiger partial charge >= 0.3 is 0 Å². The molecular formula is C20H36OSi. The summed E-state index contributed by atoms with van der Waals surface area (Å²) >= 11 is 0. The fourth-order valence-corrected chi connectivity index (χ4v) is 8.93. The molecule has 0 spiro atoms. The smallest absolute Gasteiger partial charge is 0.145 e. The molecule has 0 aliphatic rings. The lowest BCUT2D eigenvalue weighted by atomic mass is 10.0. The van der Waals surface area contributed by atoms with E-state index in [4.69, 9.17) is 0 Å². The molecule has 0 saturated carbocycles. The van der Waals surface area contributed by atoms with Crippen LogP contribution < -0.4 is 0 Å². The molecule has 0 N–H and O–H groups in total. The first-order valence-corrected chi connectivity index (χ1v) is 11.2. The summed E-state index contributed by atoms with van der Waals surface area (Å²) in [7, 11) is -1.67. The second-order valence-electron chi connectivity index (χ2n) is 7.22. The SMILES string of the molecule is CC/C=C\CC[C@H](C#C[Si](C(C)C)(C(C)C)C(C)C)CC=O. The fraction of sp³-hybridized carbons (Fsp3) is 0.750. The average molecular weight is 321 g/mol. The lowest BCUT2D eigenvalue weighted by Gasteiger charge is -2.38. The molecule has 0 aromatic heterocycles. The molecule has 0 aliphatic heterocycles. The molecule has 0 unspecified atom stereocenters. The molecule has 22 heavy (non-hydrogen) atoms. The minimum atomic E-state index is -1.67. The van der Waals surface area contributed by atoms with Gasteiger partial charge in [-0.2, -0.15) is 0 Å². The lowest BCUT2D eigenvalue weighted by molar-refractivity contribution is -0.108. The number of aldehydes is 1. The topological polar surface area (TPSA) is 17.1 Å². The van der Waals surface area contributed by atoms with Gasteiger partial charge in [-0.3, -0.25) is 0 Å². The molecule has 0 aromatic carbocycles. The van der Waals surface area contributed by atoms with E-state index < -0.39 is 8.07 Å². The summed E-state index contributed by atoms with van der Waals surface area (Å²) in [5.74, 6) is 3.75. The molecule has 0 aromatic rings. The Labute approximate surface area is 140 Å². The molecule has 0 rings (SSSR count). The van der Waals surface area contributed by atoms with Gasteiger partial charge in [0.25, 0.3) is 0 Å². The Morgan fingerprint density at radius 2 is 1.50 bits per heavy atom. The summed E-state index contributed by atoms with van der Waals surface area (Å²) in [5, 5.41) is 0. The Hall–Kier alpha value is -0.813. The van der Waals surface area contributed by atoms with E-state index in [9.17, 15) is 4.79 Å². The third-order valence-corrected chi connectivity index (χ3v) is 11.1. The van der Waals surface area contributed by atoms with E-state index in [1.807, 2.05) is 0 Å². The van der Waals surface area contributed by atoms with Crippen molar-refractivity contribution in [3.05, 3.63) is 12.2 Å². The van der Waals surface area contributed by atoms with E-state index in [1.165, 1.54) is 0 Å². The fourth-order valence-electron chi connectivity index (χ4n) is 3.61. The molecular weight excluding hydrogens is 284 g/mol. The van der Waals surface area contributed by atoms with Crippen LogP contribution in [0, 0.1) is 17.4 Å². The van der Waals surface area contributed by atoms with Crippen LogP contribution in [0.15, 0.2) is 12.2 Å². The summed E-state index contributed by atoms with van der Waals surface area (Å²) in [5.41, 5.74) is 5.71. The zero-order valence-corrected chi connectivity index (χ0v) is 16.8. The third kappa shape index (κ3) is 6.13. The normalized spacial score (nSPS) is 13.7. The number of hydrogen-bond donors (Lipinski definition) is 0. The Morgan fingerprint density at radius 1 is 0.955 bits per heavy atom. The van der Waals surface area contributed by atoms with Crippen LogP contribution in [0.5, 0.6) is 0 Å². The summed E-state index contributed by atoms with van der Waals surface area (Å²) in [4.78, 5) is 11.0. The van der Waals surface area contributed by atoms with Crippen molar-refractivity contribution < 1.29 is 4.79 Å². The van der Waals surface area contributed by atoms with Crippen molar-refractivity contribution in [3.63, 3.8) is 0 Å². The van der Waals surface area contributed by atoms with Crippen LogP contribution in [0.25, 0.3) is 0 Å². The minimum Gasteiger partial charge on any atom is -0.303 e. The second kappa shape index (κ2) is 10.8. The molecule has 126 valence electrons. The number of allylic oxidation sites excluding steroid dienone is 2. The van der Waals surface area contributed by atoms with Crippen molar-refractivity contribution in [2.75, 3.05) is 0 Å². The summed E-state index contributed by atoms with van der Waals surface area (Å²) in [6.07, 6.45) is 9.13. The van der Waals surface area contributed by atoms with Gasteiger partial charge in [0.15, 0.2) is 0 Å². The molecule has 2 heteroatoms.